The lowest BCUT2D eigenvalue weighted by Crippen LogP contribution is -2.32. The number of aromatic nitrogens is 1. The van der Waals surface area contributed by atoms with Gasteiger partial charge in [0.25, 0.3) is 0 Å². The fourth-order valence-corrected chi connectivity index (χ4v) is 0.952. The molecule has 0 saturated carbocycles. The first kappa shape index (κ1) is 13.2. The molecule has 0 aliphatic rings. The average molecular weight is 237 g/mol. The topological polar surface area (TPSA) is 76.2 Å². The fraction of sp³-hybridized carbons (Fsp3) is 0.250. The van der Waals surface area contributed by atoms with E-state index < -0.39 is 12.0 Å². The molecule has 1 aromatic rings. The number of rotatable bonds is 3. The van der Waals surface area contributed by atoms with Gasteiger partial charge < -0.3 is 10.8 Å². The number of hydrogen-bond acceptors (Lipinski definition) is 3. The van der Waals surface area contributed by atoms with E-state index in [4.69, 9.17) is 22.4 Å². The van der Waals surface area contributed by atoms with E-state index in [-0.39, 0.29) is 18.8 Å². The molecule has 1 atom stereocenters. The molecule has 6 heteroatoms. The van der Waals surface area contributed by atoms with Crippen LogP contribution in [0.1, 0.15) is 5.69 Å². The highest BCUT2D eigenvalue weighted by atomic mass is 35.5. The molecular weight excluding hydrogens is 227 g/mol. The molecule has 0 saturated heterocycles. The minimum atomic E-state index is -1.03. The minimum absolute atomic E-state index is 0. The predicted octanol–water partition coefficient (Wildman–Crippen LogP) is 1.11. The summed E-state index contributed by atoms with van der Waals surface area (Å²) in [5.41, 5.74) is 5.94. The summed E-state index contributed by atoms with van der Waals surface area (Å²) in [5.74, 6) is -1.03. The first-order valence-corrected chi connectivity index (χ1v) is 4.06. The Labute approximate surface area is 92.5 Å². The number of nitrogens with two attached hydrogens (primary N) is 1. The lowest BCUT2D eigenvalue weighted by molar-refractivity contribution is -0.138. The van der Waals surface area contributed by atoms with Gasteiger partial charge in [0.1, 0.15) is 6.04 Å². The van der Waals surface area contributed by atoms with Crippen molar-refractivity contribution in [2.75, 3.05) is 0 Å². The number of carboxylic acid groups (broad SMARTS) is 1. The Bertz CT molecular complexity index is 303. The zero-order valence-corrected chi connectivity index (χ0v) is 8.76. The van der Waals surface area contributed by atoms with E-state index in [1.54, 1.807) is 12.1 Å². The smallest absolute Gasteiger partial charge is 0.320 e. The molecule has 0 aliphatic carbocycles. The number of nitrogens with zero attached hydrogens (tertiary/aromatic N) is 1. The van der Waals surface area contributed by atoms with Crippen LogP contribution in [0.5, 0.6) is 0 Å². The van der Waals surface area contributed by atoms with Crippen molar-refractivity contribution in [1.29, 1.82) is 0 Å². The quantitative estimate of drug-likeness (QED) is 0.825. The van der Waals surface area contributed by atoms with Gasteiger partial charge in [0.15, 0.2) is 0 Å². The van der Waals surface area contributed by atoms with Crippen molar-refractivity contribution in [2.45, 2.75) is 12.5 Å². The molecule has 1 rings (SSSR count). The monoisotopic (exact) mass is 236 g/mol. The highest BCUT2D eigenvalue weighted by molar-refractivity contribution is 6.30. The number of aliphatic carboxylic acids is 1. The molecule has 3 N–H and O–H groups in total. The molecule has 1 unspecified atom stereocenters. The van der Waals surface area contributed by atoms with Crippen molar-refractivity contribution < 1.29 is 9.90 Å². The summed E-state index contributed by atoms with van der Waals surface area (Å²) < 4.78 is 0. The van der Waals surface area contributed by atoms with E-state index >= 15 is 0 Å². The van der Waals surface area contributed by atoms with Crippen molar-refractivity contribution in [3.8, 4) is 0 Å². The maximum atomic E-state index is 10.4. The highest BCUT2D eigenvalue weighted by Gasteiger charge is 2.12. The second-order valence-electron chi connectivity index (χ2n) is 2.62. The van der Waals surface area contributed by atoms with E-state index in [0.717, 1.165) is 0 Å². The molecule has 78 valence electrons. The van der Waals surface area contributed by atoms with Gasteiger partial charge in [-0.1, -0.05) is 11.6 Å². The summed E-state index contributed by atoms with van der Waals surface area (Å²) in [7, 11) is 0. The third-order valence-corrected chi connectivity index (χ3v) is 1.76. The molecule has 1 aromatic heterocycles. The van der Waals surface area contributed by atoms with Gasteiger partial charge in [-0.05, 0) is 12.1 Å². The Morgan fingerprint density at radius 3 is 2.71 bits per heavy atom. The van der Waals surface area contributed by atoms with Crippen LogP contribution < -0.4 is 5.73 Å². The van der Waals surface area contributed by atoms with Crippen LogP contribution in [0.25, 0.3) is 0 Å². The lowest BCUT2D eigenvalue weighted by atomic mass is 10.1. The van der Waals surface area contributed by atoms with Gasteiger partial charge >= 0.3 is 5.97 Å². The second kappa shape index (κ2) is 5.80. The molecule has 0 spiro atoms. The third kappa shape index (κ3) is 3.91. The summed E-state index contributed by atoms with van der Waals surface area (Å²) in [6.07, 6.45) is 1.68. The van der Waals surface area contributed by atoms with E-state index in [1.165, 1.54) is 6.20 Å². The number of halogens is 2. The largest absolute Gasteiger partial charge is 0.480 e. The normalized spacial score (nSPS) is 11.6. The highest BCUT2D eigenvalue weighted by Crippen LogP contribution is 2.07. The second-order valence-corrected chi connectivity index (χ2v) is 3.05. The summed E-state index contributed by atoms with van der Waals surface area (Å²) in [4.78, 5) is 14.3. The molecule has 4 nitrogen and oxygen atoms in total. The van der Waals surface area contributed by atoms with Crippen LogP contribution >= 0.6 is 24.0 Å². The van der Waals surface area contributed by atoms with Gasteiger partial charge in [0, 0.05) is 18.3 Å². The minimum Gasteiger partial charge on any atom is -0.480 e. The Morgan fingerprint density at radius 1 is 1.64 bits per heavy atom. The Kier molecular flexibility index (Phi) is 5.45. The molecule has 0 fully saturated rings. The van der Waals surface area contributed by atoms with Crippen LogP contribution in [-0.4, -0.2) is 22.1 Å². The third-order valence-electron chi connectivity index (χ3n) is 1.53. The van der Waals surface area contributed by atoms with Crippen LogP contribution in [0.3, 0.4) is 0 Å². The van der Waals surface area contributed by atoms with E-state index in [2.05, 4.69) is 4.98 Å². The molecule has 1 heterocycles. The summed E-state index contributed by atoms with van der Waals surface area (Å²) in [6, 6.07) is 2.40. The van der Waals surface area contributed by atoms with Crippen LogP contribution in [0.4, 0.5) is 0 Å². The average Bonchev–Trinajstić information content (AvgIpc) is 2.08. The zero-order valence-electron chi connectivity index (χ0n) is 7.18. The van der Waals surface area contributed by atoms with Gasteiger partial charge in [0.05, 0.1) is 5.02 Å². The van der Waals surface area contributed by atoms with Crippen molar-refractivity contribution in [2.24, 2.45) is 5.73 Å². The SMILES string of the molecule is Cl.NC(Cc1ccc(Cl)cn1)C(=O)O. The van der Waals surface area contributed by atoms with Gasteiger partial charge in [0.2, 0.25) is 0 Å². The number of hydrogen-bond donors (Lipinski definition) is 2. The van der Waals surface area contributed by atoms with Gasteiger partial charge in [-0.2, -0.15) is 0 Å². The van der Waals surface area contributed by atoms with Crippen LogP contribution in [0, 0.1) is 0 Å². The molecule has 0 aromatic carbocycles. The first-order valence-electron chi connectivity index (χ1n) is 3.68. The van der Waals surface area contributed by atoms with Crippen molar-refractivity contribution in [3.05, 3.63) is 29.0 Å². The van der Waals surface area contributed by atoms with E-state index in [0.29, 0.717) is 10.7 Å². The summed E-state index contributed by atoms with van der Waals surface area (Å²) in [5, 5.41) is 9.04. The zero-order chi connectivity index (χ0) is 9.84. The molecule has 0 amide bonds. The maximum Gasteiger partial charge on any atom is 0.320 e. The van der Waals surface area contributed by atoms with Crippen molar-refractivity contribution in [1.82, 2.24) is 4.98 Å². The van der Waals surface area contributed by atoms with Crippen LogP contribution in [0.15, 0.2) is 18.3 Å². The lowest BCUT2D eigenvalue weighted by Gasteiger charge is -2.04. The first-order chi connectivity index (χ1) is 6.09. The Balaban J connectivity index is 0.00000169. The standard InChI is InChI=1S/C8H9ClN2O2.ClH/c9-5-1-2-6(11-4-5)3-7(10)8(12)13;/h1-2,4,7H,3,10H2,(H,12,13);1H. The Hall–Kier alpha value is -0.840. The molecule has 0 aliphatic heterocycles. The van der Waals surface area contributed by atoms with Crippen molar-refractivity contribution in [3.63, 3.8) is 0 Å². The number of carbonyl (C=O) groups is 1. The molecular formula is C8H10Cl2N2O2. The number of carboxylic acids is 1. The Morgan fingerprint density at radius 2 is 2.29 bits per heavy atom. The molecule has 14 heavy (non-hydrogen) atoms. The summed E-state index contributed by atoms with van der Waals surface area (Å²) in [6.45, 7) is 0. The molecule has 0 bridgehead atoms. The molecule has 0 radical (unpaired) electrons. The summed E-state index contributed by atoms with van der Waals surface area (Å²) >= 11 is 5.60. The van der Waals surface area contributed by atoms with Gasteiger partial charge in [-0.3, -0.25) is 9.78 Å². The van der Waals surface area contributed by atoms with Gasteiger partial charge in [-0.15, -0.1) is 12.4 Å². The van der Waals surface area contributed by atoms with Crippen LogP contribution in [-0.2, 0) is 11.2 Å². The fourth-order valence-electron chi connectivity index (χ4n) is 0.840. The maximum absolute atomic E-state index is 10.4. The van der Waals surface area contributed by atoms with E-state index in [1.807, 2.05) is 0 Å². The van der Waals surface area contributed by atoms with E-state index in [9.17, 15) is 4.79 Å². The van der Waals surface area contributed by atoms with Crippen LogP contribution in [0.2, 0.25) is 5.02 Å². The van der Waals surface area contributed by atoms with Gasteiger partial charge in [-0.25, -0.2) is 0 Å². The number of pyridine rings is 1. The van der Waals surface area contributed by atoms with Crippen molar-refractivity contribution >= 4 is 30.0 Å². The predicted molar refractivity (Wildman–Crippen MR) is 55.8 cm³/mol.